The van der Waals surface area contributed by atoms with E-state index < -0.39 is 0 Å². The fourth-order valence-electron chi connectivity index (χ4n) is 2.28. The van der Waals surface area contributed by atoms with E-state index in [1.54, 1.807) is 0 Å². The number of halogens is 2. The second kappa shape index (κ2) is 6.59. The third-order valence-corrected chi connectivity index (χ3v) is 3.54. The van der Waals surface area contributed by atoms with Crippen molar-refractivity contribution < 1.29 is 4.79 Å². The summed E-state index contributed by atoms with van der Waals surface area (Å²) in [6.07, 6.45) is 3.38. The van der Waals surface area contributed by atoms with Crippen molar-refractivity contribution in [1.29, 1.82) is 0 Å². The van der Waals surface area contributed by atoms with E-state index in [9.17, 15) is 4.79 Å². The summed E-state index contributed by atoms with van der Waals surface area (Å²) in [5.41, 5.74) is 0. The van der Waals surface area contributed by atoms with Crippen LogP contribution in [0.5, 0.6) is 0 Å². The van der Waals surface area contributed by atoms with Crippen LogP contribution in [0.3, 0.4) is 0 Å². The van der Waals surface area contributed by atoms with Gasteiger partial charge in [0.25, 0.3) is 0 Å². The van der Waals surface area contributed by atoms with Crippen molar-refractivity contribution in [2.75, 3.05) is 24.8 Å². The molecule has 0 aromatic carbocycles. The van der Waals surface area contributed by atoms with Crippen LogP contribution in [0.15, 0.2) is 0 Å². The standard InChI is InChI=1S/C11H19Cl2NO/c1-9-3-2-4-10(9)11(15)14(7-5-12)8-6-13/h9-10H,2-8H2,1H3. The minimum atomic E-state index is 0.205. The molecule has 2 atom stereocenters. The van der Waals surface area contributed by atoms with E-state index in [1.807, 2.05) is 4.90 Å². The summed E-state index contributed by atoms with van der Waals surface area (Å²) in [7, 11) is 0. The molecule has 0 saturated heterocycles. The third kappa shape index (κ3) is 3.53. The van der Waals surface area contributed by atoms with Gasteiger partial charge in [0.1, 0.15) is 0 Å². The Morgan fingerprint density at radius 3 is 2.27 bits per heavy atom. The molecule has 0 aromatic rings. The molecule has 15 heavy (non-hydrogen) atoms. The summed E-state index contributed by atoms with van der Waals surface area (Å²) < 4.78 is 0. The predicted octanol–water partition coefficient (Wildman–Crippen LogP) is 2.73. The number of amides is 1. The van der Waals surface area contributed by atoms with E-state index >= 15 is 0 Å². The molecular formula is C11H19Cl2NO. The fourth-order valence-corrected chi connectivity index (χ4v) is 2.69. The van der Waals surface area contributed by atoms with Gasteiger partial charge in [0.05, 0.1) is 0 Å². The quantitative estimate of drug-likeness (QED) is 0.689. The van der Waals surface area contributed by atoms with Crippen LogP contribution in [0.2, 0.25) is 0 Å². The van der Waals surface area contributed by atoms with Gasteiger partial charge >= 0.3 is 0 Å². The zero-order valence-corrected chi connectivity index (χ0v) is 10.7. The lowest BCUT2D eigenvalue weighted by Gasteiger charge is -2.26. The van der Waals surface area contributed by atoms with Crippen LogP contribution in [0.25, 0.3) is 0 Å². The molecule has 88 valence electrons. The maximum atomic E-state index is 12.1. The van der Waals surface area contributed by atoms with Crippen LogP contribution in [0.1, 0.15) is 26.2 Å². The van der Waals surface area contributed by atoms with E-state index in [-0.39, 0.29) is 11.8 Å². The first kappa shape index (κ1) is 13.1. The highest BCUT2D eigenvalue weighted by Crippen LogP contribution is 2.32. The fraction of sp³-hybridized carbons (Fsp3) is 0.909. The molecule has 0 aliphatic heterocycles. The lowest BCUT2D eigenvalue weighted by atomic mass is 9.96. The molecule has 0 spiro atoms. The molecule has 0 aromatic heterocycles. The topological polar surface area (TPSA) is 20.3 Å². The number of rotatable bonds is 5. The van der Waals surface area contributed by atoms with Gasteiger partial charge in [-0.15, -0.1) is 23.2 Å². The number of nitrogens with zero attached hydrogens (tertiary/aromatic N) is 1. The van der Waals surface area contributed by atoms with Crippen LogP contribution in [-0.2, 0) is 4.79 Å². The minimum Gasteiger partial charge on any atom is -0.340 e. The Labute approximate surface area is 102 Å². The van der Waals surface area contributed by atoms with Crippen molar-refractivity contribution >= 4 is 29.1 Å². The molecule has 1 aliphatic carbocycles. The summed E-state index contributed by atoms with van der Waals surface area (Å²) in [4.78, 5) is 14.0. The van der Waals surface area contributed by atoms with Gasteiger partial charge in [-0.05, 0) is 18.8 Å². The van der Waals surface area contributed by atoms with Crippen LogP contribution in [-0.4, -0.2) is 35.7 Å². The Morgan fingerprint density at radius 2 is 1.87 bits per heavy atom. The van der Waals surface area contributed by atoms with E-state index in [2.05, 4.69) is 6.92 Å². The van der Waals surface area contributed by atoms with Crippen molar-refractivity contribution in [3.05, 3.63) is 0 Å². The van der Waals surface area contributed by atoms with E-state index in [1.165, 1.54) is 12.8 Å². The molecule has 4 heteroatoms. The molecule has 1 rings (SSSR count). The SMILES string of the molecule is CC1CCCC1C(=O)N(CCCl)CCCl. The zero-order chi connectivity index (χ0) is 11.3. The molecule has 0 radical (unpaired) electrons. The van der Waals surface area contributed by atoms with E-state index in [4.69, 9.17) is 23.2 Å². The molecular weight excluding hydrogens is 233 g/mol. The second-order valence-corrected chi connectivity index (χ2v) is 4.97. The normalized spacial score (nSPS) is 25.5. The van der Waals surface area contributed by atoms with Crippen LogP contribution < -0.4 is 0 Å². The Kier molecular flexibility index (Phi) is 5.77. The van der Waals surface area contributed by atoms with Crippen molar-refractivity contribution in [3.8, 4) is 0 Å². The molecule has 1 aliphatic rings. The monoisotopic (exact) mass is 251 g/mol. The van der Waals surface area contributed by atoms with Gasteiger partial charge in [-0.3, -0.25) is 4.79 Å². The first-order chi connectivity index (χ1) is 7.20. The Balaban J connectivity index is 2.54. The smallest absolute Gasteiger partial charge is 0.226 e. The van der Waals surface area contributed by atoms with E-state index in [0.29, 0.717) is 30.8 Å². The molecule has 2 nitrogen and oxygen atoms in total. The van der Waals surface area contributed by atoms with Gasteiger partial charge in [-0.1, -0.05) is 13.3 Å². The lowest BCUT2D eigenvalue weighted by molar-refractivity contribution is -0.136. The summed E-state index contributed by atoms with van der Waals surface area (Å²) >= 11 is 11.4. The number of alkyl halides is 2. The van der Waals surface area contributed by atoms with Crippen LogP contribution in [0.4, 0.5) is 0 Å². The average Bonchev–Trinajstić information content (AvgIpc) is 2.63. The highest BCUT2D eigenvalue weighted by atomic mass is 35.5. The molecule has 1 amide bonds. The summed E-state index contributed by atoms with van der Waals surface area (Å²) in [5.74, 6) is 1.95. The van der Waals surface area contributed by atoms with Crippen molar-refractivity contribution in [3.63, 3.8) is 0 Å². The third-order valence-electron chi connectivity index (χ3n) is 3.20. The van der Waals surface area contributed by atoms with Gasteiger partial charge in [0, 0.05) is 30.8 Å². The largest absolute Gasteiger partial charge is 0.340 e. The van der Waals surface area contributed by atoms with Crippen molar-refractivity contribution in [2.45, 2.75) is 26.2 Å². The van der Waals surface area contributed by atoms with E-state index in [0.717, 1.165) is 6.42 Å². The Bertz CT molecular complexity index is 205. The highest BCUT2D eigenvalue weighted by Gasteiger charge is 2.32. The summed E-state index contributed by atoms with van der Waals surface area (Å²) in [5, 5.41) is 0. The first-order valence-corrected chi connectivity index (χ1v) is 6.68. The zero-order valence-electron chi connectivity index (χ0n) is 9.22. The van der Waals surface area contributed by atoms with Crippen molar-refractivity contribution in [1.82, 2.24) is 4.90 Å². The van der Waals surface area contributed by atoms with Crippen LogP contribution in [0, 0.1) is 11.8 Å². The van der Waals surface area contributed by atoms with Gasteiger partial charge in [0.2, 0.25) is 5.91 Å². The summed E-state index contributed by atoms with van der Waals surface area (Å²) in [6.45, 7) is 3.40. The van der Waals surface area contributed by atoms with Gasteiger partial charge in [0.15, 0.2) is 0 Å². The number of hydrogen-bond acceptors (Lipinski definition) is 1. The maximum Gasteiger partial charge on any atom is 0.226 e. The summed E-state index contributed by atoms with van der Waals surface area (Å²) in [6, 6.07) is 0. The number of hydrogen-bond donors (Lipinski definition) is 0. The number of carbonyl (C=O) groups excluding carboxylic acids is 1. The van der Waals surface area contributed by atoms with Crippen LogP contribution >= 0.6 is 23.2 Å². The van der Waals surface area contributed by atoms with Crippen molar-refractivity contribution in [2.24, 2.45) is 11.8 Å². The lowest BCUT2D eigenvalue weighted by Crippen LogP contribution is -2.39. The minimum absolute atomic E-state index is 0.205. The molecule has 0 bridgehead atoms. The van der Waals surface area contributed by atoms with Gasteiger partial charge < -0.3 is 4.90 Å². The van der Waals surface area contributed by atoms with Gasteiger partial charge in [-0.25, -0.2) is 0 Å². The molecule has 2 unspecified atom stereocenters. The number of carbonyl (C=O) groups is 1. The molecule has 1 fully saturated rings. The molecule has 1 saturated carbocycles. The predicted molar refractivity (Wildman–Crippen MR) is 64.5 cm³/mol. The van der Waals surface area contributed by atoms with Gasteiger partial charge in [-0.2, -0.15) is 0 Å². The first-order valence-electron chi connectivity index (χ1n) is 5.61. The Morgan fingerprint density at radius 1 is 1.27 bits per heavy atom. The second-order valence-electron chi connectivity index (χ2n) is 4.22. The molecule has 0 heterocycles. The highest BCUT2D eigenvalue weighted by molar-refractivity contribution is 6.18. The average molecular weight is 252 g/mol. The molecule has 0 N–H and O–H groups in total. The Hall–Kier alpha value is 0.0500. The maximum absolute atomic E-state index is 12.1.